The molecule has 0 bridgehead atoms. The van der Waals surface area contributed by atoms with E-state index in [2.05, 4.69) is 5.73 Å². The van der Waals surface area contributed by atoms with Gasteiger partial charge in [-0.1, -0.05) is 0 Å². The number of aliphatic carboxylic acids is 1. The molecule has 0 heterocycles. The number of nitrogens with one attached hydrogen (secondary N) is 1. The second-order valence-corrected chi connectivity index (χ2v) is 4.66. The van der Waals surface area contributed by atoms with Crippen molar-refractivity contribution in [2.45, 2.75) is 12.5 Å². The number of carboxylic acids is 1. The lowest BCUT2D eigenvalue weighted by Crippen LogP contribution is -2.40. The zero-order valence-electron chi connectivity index (χ0n) is 7.71. The number of hydrogen-bond donors (Lipinski definition) is 4. The first-order valence-electron chi connectivity index (χ1n) is 3.91. The second-order valence-electron chi connectivity index (χ2n) is 2.73. The molecule has 15 heavy (non-hydrogen) atoms. The van der Waals surface area contributed by atoms with Gasteiger partial charge in [0.05, 0.1) is 12.2 Å². The molecule has 0 aromatic rings. The summed E-state index contributed by atoms with van der Waals surface area (Å²) in [5.41, 5.74) is 4.67. The number of rotatable bonds is 7. The summed E-state index contributed by atoms with van der Waals surface area (Å²) in [5, 5.41) is 17.1. The Kier molecular flexibility index (Phi) is 5.19. The van der Waals surface area contributed by atoms with Gasteiger partial charge in [0.15, 0.2) is 0 Å². The Balaban J connectivity index is 4.05. The molecule has 0 aliphatic carbocycles. The number of sulfonamides is 1. The summed E-state index contributed by atoms with van der Waals surface area (Å²) < 4.78 is 23.9. The maximum Gasteiger partial charge on any atom is 0.304 e. The molecule has 1 unspecified atom stereocenters. The largest absolute Gasteiger partial charge is 0.481 e. The number of nitrogens with two attached hydrogens (primary N) is 1. The van der Waals surface area contributed by atoms with E-state index < -0.39 is 46.7 Å². The average Bonchev–Trinajstić information content (AvgIpc) is 2.11. The van der Waals surface area contributed by atoms with Crippen LogP contribution in [0, 0.1) is 0 Å². The van der Waals surface area contributed by atoms with Crippen LogP contribution in [0.1, 0.15) is 6.42 Å². The monoisotopic (exact) mass is 240 g/mol. The maximum absolute atomic E-state index is 11.0. The third-order valence-corrected chi connectivity index (χ3v) is 2.76. The molecule has 0 fully saturated rings. The summed E-state index contributed by atoms with van der Waals surface area (Å²) in [7, 11) is -3.80. The lowest BCUT2D eigenvalue weighted by atomic mass is 10.3. The average molecular weight is 240 g/mol. The van der Waals surface area contributed by atoms with E-state index in [1.807, 2.05) is 4.72 Å². The van der Waals surface area contributed by atoms with Gasteiger partial charge in [-0.15, -0.1) is 0 Å². The van der Waals surface area contributed by atoms with Crippen LogP contribution >= 0.6 is 0 Å². The van der Waals surface area contributed by atoms with Crippen molar-refractivity contribution < 1.29 is 28.2 Å². The Hall–Kier alpha value is -1.19. The normalized spacial score (nSPS) is 13.4. The quantitative estimate of drug-likeness (QED) is 0.378. The predicted molar refractivity (Wildman–Crippen MR) is 49.2 cm³/mol. The Morgan fingerprint density at radius 2 is 1.93 bits per heavy atom. The molecule has 0 aliphatic heterocycles. The van der Waals surface area contributed by atoms with Crippen molar-refractivity contribution in [3.8, 4) is 0 Å². The first-order valence-corrected chi connectivity index (χ1v) is 5.56. The molecule has 0 aromatic carbocycles. The number of amides is 1. The molecular formula is C6H12N2O6S. The molecule has 0 saturated carbocycles. The summed E-state index contributed by atoms with van der Waals surface area (Å²) in [6.45, 7) is -0.558. The minimum absolute atomic E-state index is 0.554. The molecule has 0 rings (SSSR count). The third-order valence-electron chi connectivity index (χ3n) is 1.41. The standard InChI is InChI=1S/C6H12N2O6S/c7-6(12)4(9)3-8-15(13,14)2-1-5(10)11/h4,8-9H,1-3H2,(H2,7,12)(H,10,11). The fraction of sp³-hybridized carbons (Fsp3) is 0.667. The minimum atomic E-state index is -3.80. The van der Waals surface area contributed by atoms with Gasteiger partial charge in [-0.05, 0) is 0 Å². The number of hydrogen-bond acceptors (Lipinski definition) is 5. The Labute approximate surface area is 86.1 Å². The lowest BCUT2D eigenvalue weighted by molar-refractivity contribution is -0.136. The van der Waals surface area contributed by atoms with Crippen LogP contribution < -0.4 is 10.5 Å². The fourth-order valence-electron chi connectivity index (χ4n) is 0.600. The molecule has 1 atom stereocenters. The molecule has 1 amide bonds. The highest BCUT2D eigenvalue weighted by atomic mass is 32.2. The Bertz CT molecular complexity index is 338. The van der Waals surface area contributed by atoms with Crippen LogP contribution in [0.2, 0.25) is 0 Å². The summed E-state index contributed by atoms with van der Waals surface area (Å²) >= 11 is 0. The smallest absolute Gasteiger partial charge is 0.304 e. The van der Waals surface area contributed by atoms with Crippen molar-refractivity contribution in [3.05, 3.63) is 0 Å². The van der Waals surface area contributed by atoms with Crippen molar-refractivity contribution in [3.63, 3.8) is 0 Å². The molecule has 0 aliphatic rings. The van der Waals surface area contributed by atoms with Gasteiger partial charge in [0.1, 0.15) is 6.10 Å². The van der Waals surface area contributed by atoms with Crippen LogP contribution in [0.4, 0.5) is 0 Å². The van der Waals surface area contributed by atoms with Crippen molar-refractivity contribution in [1.82, 2.24) is 4.72 Å². The van der Waals surface area contributed by atoms with Crippen molar-refractivity contribution in [2.24, 2.45) is 5.73 Å². The highest BCUT2D eigenvalue weighted by molar-refractivity contribution is 7.89. The van der Waals surface area contributed by atoms with Crippen LogP contribution in [0.3, 0.4) is 0 Å². The molecule has 0 radical (unpaired) electrons. The van der Waals surface area contributed by atoms with Gasteiger partial charge in [0.2, 0.25) is 15.9 Å². The van der Waals surface area contributed by atoms with E-state index in [-0.39, 0.29) is 0 Å². The zero-order chi connectivity index (χ0) is 12.1. The van der Waals surface area contributed by atoms with Gasteiger partial charge < -0.3 is 15.9 Å². The minimum Gasteiger partial charge on any atom is -0.481 e. The first-order chi connectivity index (χ1) is 6.74. The molecule has 5 N–H and O–H groups in total. The fourth-order valence-corrected chi connectivity index (χ4v) is 1.60. The second kappa shape index (κ2) is 5.63. The van der Waals surface area contributed by atoms with E-state index in [9.17, 15) is 18.0 Å². The SMILES string of the molecule is NC(=O)C(O)CNS(=O)(=O)CCC(=O)O. The molecule has 0 saturated heterocycles. The van der Waals surface area contributed by atoms with Crippen molar-refractivity contribution in [1.29, 1.82) is 0 Å². The topological polar surface area (TPSA) is 147 Å². The number of carbonyl (C=O) groups is 2. The highest BCUT2D eigenvalue weighted by Crippen LogP contribution is 1.90. The van der Waals surface area contributed by atoms with Crippen LogP contribution in [-0.2, 0) is 19.6 Å². The van der Waals surface area contributed by atoms with Gasteiger partial charge >= 0.3 is 5.97 Å². The number of aliphatic hydroxyl groups excluding tert-OH is 1. The van der Waals surface area contributed by atoms with E-state index in [1.165, 1.54) is 0 Å². The van der Waals surface area contributed by atoms with Gasteiger partial charge in [-0.25, -0.2) is 13.1 Å². The Morgan fingerprint density at radius 3 is 2.33 bits per heavy atom. The number of aliphatic hydroxyl groups is 1. The van der Waals surface area contributed by atoms with Crippen LogP contribution in [-0.4, -0.2) is 48.9 Å². The Morgan fingerprint density at radius 1 is 1.40 bits per heavy atom. The number of carboxylic acid groups (broad SMARTS) is 1. The zero-order valence-corrected chi connectivity index (χ0v) is 8.53. The molecular weight excluding hydrogens is 228 g/mol. The summed E-state index contributed by atoms with van der Waals surface area (Å²) in [6, 6.07) is 0. The molecule has 0 spiro atoms. The van der Waals surface area contributed by atoms with Gasteiger partial charge in [-0.2, -0.15) is 0 Å². The van der Waals surface area contributed by atoms with Gasteiger partial charge in [0.25, 0.3) is 0 Å². The van der Waals surface area contributed by atoms with E-state index in [1.54, 1.807) is 0 Å². The van der Waals surface area contributed by atoms with Crippen molar-refractivity contribution in [2.75, 3.05) is 12.3 Å². The molecule has 88 valence electrons. The first kappa shape index (κ1) is 13.8. The lowest BCUT2D eigenvalue weighted by Gasteiger charge is -2.08. The molecule has 9 heteroatoms. The molecule has 8 nitrogen and oxygen atoms in total. The van der Waals surface area contributed by atoms with Crippen LogP contribution in [0.15, 0.2) is 0 Å². The third kappa shape index (κ3) is 6.82. The summed E-state index contributed by atoms with van der Waals surface area (Å²) in [6.07, 6.45) is -2.17. The highest BCUT2D eigenvalue weighted by Gasteiger charge is 2.17. The van der Waals surface area contributed by atoms with Crippen molar-refractivity contribution >= 4 is 21.9 Å². The van der Waals surface area contributed by atoms with Gasteiger partial charge in [-0.3, -0.25) is 9.59 Å². The van der Waals surface area contributed by atoms with Crippen LogP contribution in [0.25, 0.3) is 0 Å². The van der Waals surface area contributed by atoms with E-state index in [0.29, 0.717) is 0 Å². The maximum atomic E-state index is 11.0. The van der Waals surface area contributed by atoms with E-state index >= 15 is 0 Å². The summed E-state index contributed by atoms with van der Waals surface area (Å²) in [4.78, 5) is 20.4. The van der Waals surface area contributed by atoms with Gasteiger partial charge in [0, 0.05) is 6.54 Å². The van der Waals surface area contributed by atoms with E-state index in [4.69, 9.17) is 10.2 Å². The number of primary amides is 1. The summed E-state index contributed by atoms with van der Waals surface area (Å²) in [5.74, 6) is -2.93. The predicted octanol–water partition coefficient (Wildman–Crippen LogP) is -2.77. The number of carbonyl (C=O) groups excluding carboxylic acids is 1. The van der Waals surface area contributed by atoms with Crippen LogP contribution in [0.5, 0.6) is 0 Å². The molecule has 0 aromatic heterocycles. The van der Waals surface area contributed by atoms with E-state index in [0.717, 1.165) is 0 Å².